The molecular formula is C18H21N3O2. The molecule has 2 aromatic rings. The average Bonchev–Trinajstić information content (AvgIpc) is 2.59. The van der Waals surface area contributed by atoms with E-state index in [1.54, 1.807) is 24.3 Å². The van der Waals surface area contributed by atoms with Crippen molar-refractivity contribution in [3.05, 3.63) is 60.2 Å². The summed E-state index contributed by atoms with van der Waals surface area (Å²) < 4.78 is 0. The zero-order valence-electron chi connectivity index (χ0n) is 13.1. The molecule has 120 valence electrons. The van der Waals surface area contributed by atoms with Crippen LogP contribution in [0.15, 0.2) is 54.6 Å². The molecule has 0 aliphatic carbocycles. The maximum absolute atomic E-state index is 12.0. The van der Waals surface area contributed by atoms with Crippen molar-refractivity contribution < 1.29 is 9.59 Å². The van der Waals surface area contributed by atoms with Crippen LogP contribution in [0.4, 0.5) is 11.4 Å². The van der Waals surface area contributed by atoms with Crippen LogP contribution in [-0.4, -0.2) is 24.9 Å². The number of para-hydroxylation sites is 1. The normalized spacial score (nSPS) is 9.96. The summed E-state index contributed by atoms with van der Waals surface area (Å²) in [7, 11) is 0. The van der Waals surface area contributed by atoms with Crippen molar-refractivity contribution in [3.63, 3.8) is 0 Å². The molecule has 0 atom stereocenters. The Morgan fingerprint density at radius 1 is 0.957 bits per heavy atom. The number of carbonyl (C=O) groups is 2. The highest BCUT2D eigenvalue weighted by Crippen LogP contribution is 2.11. The van der Waals surface area contributed by atoms with Crippen LogP contribution in [0.3, 0.4) is 0 Å². The first-order valence-corrected chi connectivity index (χ1v) is 7.66. The quantitative estimate of drug-likeness (QED) is 0.736. The first kappa shape index (κ1) is 16.5. The Morgan fingerprint density at radius 3 is 2.43 bits per heavy atom. The average molecular weight is 311 g/mol. The molecule has 0 aromatic heterocycles. The first-order chi connectivity index (χ1) is 11.2. The van der Waals surface area contributed by atoms with E-state index in [4.69, 9.17) is 0 Å². The Balaban J connectivity index is 1.89. The molecule has 5 heteroatoms. The van der Waals surface area contributed by atoms with Gasteiger partial charge in [-0.05, 0) is 36.8 Å². The molecule has 5 nitrogen and oxygen atoms in total. The molecule has 2 aromatic carbocycles. The lowest BCUT2D eigenvalue weighted by atomic mass is 10.2. The minimum absolute atomic E-state index is 0.134. The summed E-state index contributed by atoms with van der Waals surface area (Å²) in [6.45, 7) is 2.79. The van der Waals surface area contributed by atoms with Gasteiger partial charge >= 0.3 is 0 Å². The fourth-order valence-corrected chi connectivity index (χ4v) is 2.02. The van der Waals surface area contributed by atoms with Gasteiger partial charge in [-0.15, -0.1) is 0 Å². The van der Waals surface area contributed by atoms with Gasteiger partial charge in [-0.2, -0.15) is 0 Å². The number of hydrogen-bond donors (Lipinski definition) is 3. The van der Waals surface area contributed by atoms with Gasteiger partial charge in [-0.3, -0.25) is 9.59 Å². The van der Waals surface area contributed by atoms with Crippen molar-refractivity contribution in [3.8, 4) is 0 Å². The lowest BCUT2D eigenvalue weighted by Gasteiger charge is -2.09. The number of amides is 2. The van der Waals surface area contributed by atoms with Gasteiger partial charge in [-0.25, -0.2) is 0 Å². The van der Waals surface area contributed by atoms with Crippen LogP contribution < -0.4 is 16.0 Å². The lowest BCUT2D eigenvalue weighted by Crippen LogP contribution is -2.24. The molecule has 3 N–H and O–H groups in total. The Labute approximate surface area is 136 Å². The van der Waals surface area contributed by atoms with E-state index in [0.29, 0.717) is 17.8 Å². The summed E-state index contributed by atoms with van der Waals surface area (Å²) in [5.74, 6) is -0.301. The fourth-order valence-electron chi connectivity index (χ4n) is 2.02. The van der Waals surface area contributed by atoms with Gasteiger partial charge in [0.15, 0.2) is 0 Å². The molecule has 23 heavy (non-hydrogen) atoms. The third-order valence-corrected chi connectivity index (χ3v) is 3.17. The molecule has 0 radical (unpaired) electrons. The second kappa shape index (κ2) is 8.58. The third-order valence-electron chi connectivity index (χ3n) is 3.17. The van der Waals surface area contributed by atoms with E-state index in [9.17, 15) is 9.59 Å². The summed E-state index contributed by atoms with van der Waals surface area (Å²) in [6, 6.07) is 16.4. The van der Waals surface area contributed by atoms with Crippen molar-refractivity contribution in [2.24, 2.45) is 0 Å². The van der Waals surface area contributed by atoms with Crippen LogP contribution in [0, 0.1) is 0 Å². The lowest BCUT2D eigenvalue weighted by molar-refractivity contribution is -0.114. The molecule has 2 rings (SSSR count). The zero-order valence-corrected chi connectivity index (χ0v) is 13.1. The molecule has 2 amide bonds. The number of anilines is 2. The molecule has 0 saturated heterocycles. The first-order valence-electron chi connectivity index (χ1n) is 7.66. The molecule has 0 saturated carbocycles. The topological polar surface area (TPSA) is 70.2 Å². The Kier molecular flexibility index (Phi) is 6.17. The Hall–Kier alpha value is -2.82. The summed E-state index contributed by atoms with van der Waals surface area (Å²) in [4.78, 5) is 23.9. The standard InChI is InChI=1S/C18H21N3O2/c1-2-11-19-18(23)14-7-6-10-16(12-14)21-17(22)13-20-15-8-4-3-5-9-15/h3-10,12,20H,2,11,13H2,1H3,(H,19,23)(H,21,22). The van der Waals surface area contributed by atoms with Gasteiger partial charge in [0.25, 0.3) is 5.91 Å². The van der Waals surface area contributed by atoms with Crippen molar-refractivity contribution in [2.75, 3.05) is 23.7 Å². The van der Waals surface area contributed by atoms with E-state index in [2.05, 4.69) is 16.0 Å². The molecule has 0 unspecified atom stereocenters. The number of benzene rings is 2. The number of rotatable bonds is 7. The van der Waals surface area contributed by atoms with Gasteiger partial charge in [0.2, 0.25) is 5.91 Å². The second-order valence-electron chi connectivity index (χ2n) is 5.10. The summed E-state index contributed by atoms with van der Waals surface area (Å²) in [6.07, 6.45) is 0.882. The van der Waals surface area contributed by atoms with Crippen LogP contribution in [0.25, 0.3) is 0 Å². The highest BCUT2D eigenvalue weighted by atomic mass is 16.2. The molecule has 0 aliphatic heterocycles. The zero-order chi connectivity index (χ0) is 16.5. The van der Waals surface area contributed by atoms with Crippen LogP contribution in [0.5, 0.6) is 0 Å². The van der Waals surface area contributed by atoms with E-state index in [0.717, 1.165) is 12.1 Å². The fraction of sp³-hybridized carbons (Fsp3) is 0.222. The van der Waals surface area contributed by atoms with Crippen LogP contribution in [0.2, 0.25) is 0 Å². The predicted octanol–water partition coefficient (Wildman–Crippen LogP) is 2.88. The monoisotopic (exact) mass is 311 g/mol. The van der Waals surface area contributed by atoms with Gasteiger partial charge in [-0.1, -0.05) is 31.2 Å². The predicted molar refractivity (Wildman–Crippen MR) is 92.6 cm³/mol. The van der Waals surface area contributed by atoms with Gasteiger partial charge < -0.3 is 16.0 Å². The third kappa shape index (κ3) is 5.47. The van der Waals surface area contributed by atoms with E-state index in [1.165, 1.54) is 0 Å². The molecule has 0 bridgehead atoms. The maximum atomic E-state index is 12.0. The van der Waals surface area contributed by atoms with E-state index >= 15 is 0 Å². The molecule has 0 heterocycles. The molecule has 0 aliphatic rings. The highest BCUT2D eigenvalue weighted by molar-refractivity contribution is 5.98. The summed E-state index contributed by atoms with van der Waals surface area (Å²) >= 11 is 0. The van der Waals surface area contributed by atoms with Crippen molar-refractivity contribution in [1.29, 1.82) is 0 Å². The number of carbonyl (C=O) groups excluding carboxylic acids is 2. The summed E-state index contributed by atoms with van der Waals surface area (Å²) in [5, 5.41) is 8.63. The van der Waals surface area contributed by atoms with E-state index in [-0.39, 0.29) is 18.4 Å². The minimum Gasteiger partial charge on any atom is -0.376 e. The van der Waals surface area contributed by atoms with Crippen molar-refractivity contribution >= 4 is 23.2 Å². The number of hydrogen-bond acceptors (Lipinski definition) is 3. The molecular weight excluding hydrogens is 290 g/mol. The van der Waals surface area contributed by atoms with Gasteiger partial charge in [0, 0.05) is 23.5 Å². The van der Waals surface area contributed by atoms with Crippen LogP contribution in [0.1, 0.15) is 23.7 Å². The minimum atomic E-state index is -0.167. The maximum Gasteiger partial charge on any atom is 0.251 e. The molecule has 0 fully saturated rings. The van der Waals surface area contributed by atoms with Crippen molar-refractivity contribution in [2.45, 2.75) is 13.3 Å². The number of nitrogens with one attached hydrogen (secondary N) is 3. The summed E-state index contributed by atoms with van der Waals surface area (Å²) in [5.41, 5.74) is 2.02. The SMILES string of the molecule is CCCNC(=O)c1cccc(NC(=O)CNc2ccccc2)c1. The Bertz CT molecular complexity index is 656. The van der Waals surface area contributed by atoms with Gasteiger partial charge in [0.1, 0.15) is 0 Å². The Morgan fingerprint density at radius 2 is 1.70 bits per heavy atom. The van der Waals surface area contributed by atoms with Crippen LogP contribution >= 0.6 is 0 Å². The smallest absolute Gasteiger partial charge is 0.251 e. The highest BCUT2D eigenvalue weighted by Gasteiger charge is 2.07. The van der Waals surface area contributed by atoms with Crippen molar-refractivity contribution in [1.82, 2.24) is 5.32 Å². The van der Waals surface area contributed by atoms with Crippen LogP contribution in [-0.2, 0) is 4.79 Å². The molecule has 0 spiro atoms. The van der Waals surface area contributed by atoms with E-state index < -0.39 is 0 Å². The van der Waals surface area contributed by atoms with Gasteiger partial charge in [0.05, 0.1) is 6.54 Å². The second-order valence-corrected chi connectivity index (χ2v) is 5.10. The largest absolute Gasteiger partial charge is 0.376 e. The van der Waals surface area contributed by atoms with E-state index in [1.807, 2.05) is 37.3 Å².